The predicted molar refractivity (Wildman–Crippen MR) is 80.4 cm³/mol. The highest BCUT2D eigenvalue weighted by atomic mass is 79.9. The van der Waals surface area contributed by atoms with Gasteiger partial charge in [-0.15, -0.1) is 0 Å². The molecular formula is C16H19Br2FN4O2. The third-order valence-electron chi connectivity index (χ3n) is 3.46. The van der Waals surface area contributed by atoms with E-state index in [4.69, 9.17) is 10.9 Å². The zero-order valence-electron chi connectivity index (χ0n) is 13.4. The second-order valence-electron chi connectivity index (χ2n) is 5.13. The Bertz CT molecular complexity index is 712. The Kier molecular flexibility index (Phi) is 10.8. The number of carbonyl (C=O) groups is 1. The fourth-order valence-electron chi connectivity index (χ4n) is 2.18. The van der Waals surface area contributed by atoms with Crippen molar-refractivity contribution in [3.05, 3.63) is 59.9 Å². The molecule has 0 radical (unpaired) electrons. The van der Waals surface area contributed by atoms with E-state index in [1.165, 1.54) is 6.20 Å². The van der Waals surface area contributed by atoms with Gasteiger partial charge in [0.1, 0.15) is 13.1 Å². The third kappa shape index (κ3) is 7.27. The van der Waals surface area contributed by atoms with E-state index in [1.807, 2.05) is 17.0 Å². The molecule has 2 aromatic rings. The number of nitrogens with two attached hydrogens (primary N) is 1. The van der Waals surface area contributed by atoms with E-state index in [0.717, 1.165) is 25.6 Å². The second-order valence-corrected chi connectivity index (χ2v) is 5.13. The first-order valence-corrected chi connectivity index (χ1v) is 7.25. The SMILES string of the molecule is NC(=O)c1cc[n+](CCCC[n+]2ccc(C=NO)c(F)c2)cc1.[Br-].[Br-]. The quantitative estimate of drug-likeness (QED) is 0.137. The number of rotatable bonds is 7. The maximum Gasteiger partial charge on any atom is 0.249 e. The van der Waals surface area contributed by atoms with Crippen LogP contribution in [0.3, 0.4) is 0 Å². The number of hydrogen-bond donors (Lipinski definition) is 2. The fraction of sp³-hybridized carbons (Fsp3) is 0.250. The molecule has 0 aliphatic heterocycles. The molecule has 0 aliphatic rings. The molecular weight excluding hydrogens is 459 g/mol. The highest BCUT2D eigenvalue weighted by Crippen LogP contribution is 2.00. The lowest BCUT2D eigenvalue weighted by Crippen LogP contribution is -3.00. The Morgan fingerprint density at radius 1 is 1.12 bits per heavy atom. The van der Waals surface area contributed by atoms with Crippen LogP contribution in [-0.4, -0.2) is 17.3 Å². The summed E-state index contributed by atoms with van der Waals surface area (Å²) in [6, 6.07) is 4.94. The van der Waals surface area contributed by atoms with Crippen molar-refractivity contribution in [2.75, 3.05) is 0 Å². The number of primary amides is 1. The van der Waals surface area contributed by atoms with Gasteiger partial charge in [-0.3, -0.25) is 4.79 Å². The number of pyridine rings is 2. The van der Waals surface area contributed by atoms with Crippen LogP contribution < -0.4 is 48.8 Å². The summed E-state index contributed by atoms with van der Waals surface area (Å²) in [6.45, 7) is 1.49. The topological polar surface area (TPSA) is 83.4 Å². The summed E-state index contributed by atoms with van der Waals surface area (Å²) in [5.41, 5.74) is 5.92. The van der Waals surface area contributed by atoms with E-state index in [-0.39, 0.29) is 39.5 Å². The van der Waals surface area contributed by atoms with Gasteiger partial charge < -0.3 is 44.9 Å². The molecule has 0 unspecified atom stereocenters. The summed E-state index contributed by atoms with van der Waals surface area (Å²) < 4.78 is 17.4. The van der Waals surface area contributed by atoms with Gasteiger partial charge in [-0.25, -0.2) is 9.13 Å². The van der Waals surface area contributed by atoms with Crippen molar-refractivity contribution in [1.29, 1.82) is 0 Å². The summed E-state index contributed by atoms with van der Waals surface area (Å²) in [7, 11) is 0. The number of oxime groups is 1. The Morgan fingerprint density at radius 2 is 1.68 bits per heavy atom. The number of halogens is 3. The standard InChI is InChI=1S/C16H17FN4O2.2BrH/c17-15-12-21(10-5-14(15)11-19-23)7-2-1-6-20-8-3-13(4-9-20)16(18)22;;/h3-5,8-12H,1-2,6-7H2,(H-,18,22);2*1H. The highest BCUT2D eigenvalue weighted by Gasteiger charge is 2.09. The Labute approximate surface area is 166 Å². The molecule has 0 atom stereocenters. The molecule has 2 aromatic heterocycles. The van der Waals surface area contributed by atoms with Gasteiger partial charge in [-0.2, -0.15) is 4.39 Å². The van der Waals surface area contributed by atoms with Crippen molar-refractivity contribution >= 4 is 12.1 Å². The summed E-state index contributed by atoms with van der Waals surface area (Å²) in [4.78, 5) is 11.0. The summed E-state index contributed by atoms with van der Waals surface area (Å²) in [5, 5.41) is 11.2. The predicted octanol–water partition coefficient (Wildman–Crippen LogP) is -5.20. The van der Waals surface area contributed by atoms with Crippen LogP contribution in [0.4, 0.5) is 4.39 Å². The molecule has 6 nitrogen and oxygen atoms in total. The van der Waals surface area contributed by atoms with Crippen molar-refractivity contribution in [3.63, 3.8) is 0 Å². The van der Waals surface area contributed by atoms with Crippen LogP contribution in [-0.2, 0) is 13.1 Å². The lowest BCUT2D eigenvalue weighted by molar-refractivity contribution is -0.708. The minimum absolute atomic E-state index is 0. The van der Waals surface area contributed by atoms with Gasteiger partial charge in [0, 0.05) is 36.6 Å². The average molecular weight is 478 g/mol. The van der Waals surface area contributed by atoms with Crippen molar-refractivity contribution in [2.45, 2.75) is 25.9 Å². The summed E-state index contributed by atoms with van der Waals surface area (Å²) >= 11 is 0. The zero-order chi connectivity index (χ0) is 16.7. The maximum atomic E-state index is 13.6. The summed E-state index contributed by atoms with van der Waals surface area (Å²) in [5.74, 6) is -0.869. The summed E-state index contributed by atoms with van der Waals surface area (Å²) in [6.07, 6.45) is 9.61. The van der Waals surface area contributed by atoms with Gasteiger partial charge in [0.05, 0.1) is 11.8 Å². The zero-order valence-corrected chi connectivity index (χ0v) is 16.5. The first kappa shape index (κ1) is 23.1. The molecule has 3 N–H and O–H groups in total. The number of aryl methyl sites for hydroxylation is 2. The lowest BCUT2D eigenvalue weighted by atomic mass is 10.2. The molecule has 136 valence electrons. The van der Waals surface area contributed by atoms with Crippen LogP contribution in [0, 0.1) is 5.82 Å². The fourth-order valence-corrected chi connectivity index (χ4v) is 2.18. The first-order chi connectivity index (χ1) is 11.1. The second kappa shape index (κ2) is 11.6. The van der Waals surface area contributed by atoms with E-state index >= 15 is 0 Å². The number of hydrogen-bond acceptors (Lipinski definition) is 3. The van der Waals surface area contributed by atoms with Crippen LogP contribution in [0.15, 0.2) is 48.1 Å². The number of carbonyl (C=O) groups excluding carboxylic acids is 1. The van der Waals surface area contributed by atoms with Gasteiger partial charge in [0.2, 0.25) is 12.1 Å². The van der Waals surface area contributed by atoms with Crippen molar-refractivity contribution in [1.82, 2.24) is 0 Å². The smallest absolute Gasteiger partial charge is 0.249 e. The van der Waals surface area contributed by atoms with Crippen molar-refractivity contribution < 1.29 is 57.5 Å². The first-order valence-electron chi connectivity index (χ1n) is 7.25. The number of aromatic nitrogens is 2. The normalized spacial score (nSPS) is 10.1. The largest absolute Gasteiger partial charge is 1.00 e. The van der Waals surface area contributed by atoms with Crippen LogP contribution in [0.5, 0.6) is 0 Å². The van der Waals surface area contributed by atoms with Crippen LogP contribution in [0.1, 0.15) is 28.8 Å². The highest BCUT2D eigenvalue weighted by molar-refractivity contribution is 5.92. The van der Waals surface area contributed by atoms with Crippen molar-refractivity contribution in [2.24, 2.45) is 10.9 Å². The van der Waals surface area contributed by atoms with Gasteiger partial charge in [0.15, 0.2) is 24.4 Å². The third-order valence-corrected chi connectivity index (χ3v) is 3.46. The average Bonchev–Trinajstić information content (AvgIpc) is 2.54. The number of amides is 1. The molecule has 0 aromatic carbocycles. The minimum atomic E-state index is -0.440. The Balaban J connectivity index is 0.00000288. The Morgan fingerprint density at radius 3 is 2.20 bits per heavy atom. The molecule has 9 heteroatoms. The molecule has 0 saturated carbocycles. The van der Waals surface area contributed by atoms with Crippen molar-refractivity contribution in [3.8, 4) is 0 Å². The van der Waals surface area contributed by atoms with E-state index in [9.17, 15) is 9.18 Å². The molecule has 2 rings (SSSR count). The van der Waals surface area contributed by atoms with Crippen LogP contribution in [0.2, 0.25) is 0 Å². The van der Waals surface area contributed by atoms with Gasteiger partial charge in [0.25, 0.3) is 0 Å². The molecule has 0 bridgehead atoms. The molecule has 0 saturated heterocycles. The maximum absolute atomic E-state index is 13.6. The molecule has 1 amide bonds. The molecule has 0 spiro atoms. The van der Waals surface area contributed by atoms with Gasteiger partial charge >= 0.3 is 0 Å². The van der Waals surface area contributed by atoms with Crippen LogP contribution >= 0.6 is 0 Å². The van der Waals surface area contributed by atoms with Gasteiger partial charge in [-0.1, -0.05) is 5.16 Å². The molecule has 0 aliphatic carbocycles. The van der Waals surface area contributed by atoms with E-state index in [0.29, 0.717) is 12.1 Å². The monoisotopic (exact) mass is 476 g/mol. The molecule has 0 fully saturated rings. The Hall–Kier alpha value is -1.87. The number of nitrogens with zero attached hydrogens (tertiary/aromatic N) is 3. The van der Waals surface area contributed by atoms with Gasteiger partial charge in [-0.05, 0) is 0 Å². The molecule has 25 heavy (non-hydrogen) atoms. The van der Waals surface area contributed by atoms with Crippen LogP contribution in [0.25, 0.3) is 0 Å². The van der Waals surface area contributed by atoms with E-state index in [2.05, 4.69) is 5.16 Å². The van der Waals surface area contributed by atoms with E-state index < -0.39 is 11.7 Å². The minimum Gasteiger partial charge on any atom is -1.00 e. The van der Waals surface area contributed by atoms with E-state index in [1.54, 1.807) is 29.0 Å². The lowest BCUT2D eigenvalue weighted by Gasteiger charge is -1.99. The number of unbranched alkanes of at least 4 members (excludes halogenated alkanes) is 1. The molecule has 2 heterocycles.